The molecule has 0 amide bonds. The van der Waals surface area contributed by atoms with Crippen LogP contribution in [0.4, 0.5) is 0 Å². The zero-order valence-corrected chi connectivity index (χ0v) is 14.6. The van der Waals surface area contributed by atoms with E-state index in [-0.39, 0.29) is 12.2 Å². The smallest absolute Gasteiger partial charge is 0.189 e. The van der Waals surface area contributed by atoms with Crippen molar-refractivity contribution in [3.63, 3.8) is 0 Å². The van der Waals surface area contributed by atoms with Crippen molar-refractivity contribution in [2.24, 2.45) is 0 Å². The number of hydrogen-bond acceptors (Lipinski definition) is 3. The minimum Gasteiger partial charge on any atom is -0.468 e. The Balaban J connectivity index is 2.03. The summed E-state index contributed by atoms with van der Waals surface area (Å²) in [5, 5.41) is 0. The topological polar surface area (TPSA) is 40.5 Å². The van der Waals surface area contributed by atoms with Crippen LogP contribution in [0, 0.1) is 13.8 Å². The molecule has 0 bridgehead atoms. The first-order valence-corrected chi connectivity index (χ1v) is 8.28. The van der Waals surface area contributed by atoms with Gasteiger partial charge in [0.25, 0.3) is 0 Å². The monoisotopic (exact) mass is 327 g/mol. The van der Waals surface area contributed by atoms with E-state index in [1.54, 1.807) is 12.1 Å². The minimum absolute atomic E-state index is 0.0353. The molecule has 0 aliphatic rings. The quantitative estimate of drug-likeness (QED) is 0.538. The SMILES string of the molecule is CCCCOCOc1cccc(/C=C/n2c(C)cc(=O)cc2C)c1. The van der Waals surface area contributed by atoms with Gasteiger partial charge in [-0.15, -0.1) is 0 Å². The highest BCUT2D eigenvalue weighted by molar-refractivity contribution is 5.62. The van der Waals surface area contributed by atoms with Gasteiger partial charge in [0.1, 0.15) is 5.75 Å². The number of pyridine rings is 1. The van der Waals surface area contributed by atoms with E-state index in [4.69, 9.17) is 9.47 Å². The molecule has 128 valence electrons. The molecule has 4 heteroatoms. The van der Waals surface area contributed by atoms with Crippen molar-refractivity contribution in [3.8, 4) is 5.75 Å². The molecule has 1 heterocycles. The maximum atomic E-state index is 11.5. The number of nitrogens with zero attached hydrogens (tertiary/aromatic N) is 1. The van der Waals surface area contributed by atoms with Gasteiger partial charge in [0.15, 0.2) is 12.2 Å². The van der Waals surface area contributed by atoms with E-state index in [1.807, 2.05) is 55.0 Å². The largest absolute Gasteiger partial charge is 0.468 e. The lowest BCUT2D eigenvalue weighted by atomic mass is 10.2. The van der Waals surface area contributed by atoms with Crippen LogP contribution in [-0.4, -0.2) is 18.0 Å². The molecule has 1 aromatic heterocycles. The number of aryl methyl sites for hydroxylation is 2. The van der Waals surface area contributed by atoms with Gasteiger partial charge in [-0.2, -0.15) is 0 Å². The average molecular weight is 327 g/mol. The maximum absolute atomic E-state index is 11.5. The highest BCUT2D eigenvalue weighted by Crippen LogP contribution is 2.15. The molecular weight excluding hydrogens is 302 g/mol. The van der Waals surface area contributed by atoms with E-state index in [1.165, 1.54) is 0 Å². The summed E-state index contributed by atoms with van der Waals surface area (Å²) in [5.74, 6) is 0.780. The summed E-state index contributed by atoms with van der Waals surface area (Å²) < 4.78 is 13.0. The lowest BCUT2D eigenvalue weighted by Crippen LogP contribution is -2.08. The Morgan fingerprint density at radius 1 is 1.12 bits per heavy atom. The molecule has 2 rings (SSSR count). The van der Waals surface area contributed by atoms with E-state index in [2.05, 4.69) is 6.92 Å². The summed E-state index contributed by atoms with van der Waals surface area (Å²) >= 11 is 0. The molecule has 0 N–H and O–H groups in total. The van der Waals surface area contributed by atoms with E-state index in [0.717, 1.165) is 42.1 Å². The predicted molar refractivity (Wildman–Crippen MR) is 98.2 cm³/mol. The van der Waals surface area contributed by atoms with Crippen molar-refractivity contribution in [1.29, 1.82) is 0 Å². The number of aromatic nitrogens is 1. The first-order chi connectivity index (χ1) is 11.6. The first kappa shape index (κ1) is 18.0. The van der Waals surface area contributed by atoms with Crippen LogP contribution >= 0.6 is 0 Å². The highest BCUT2D eigenvalue weighted by atomic mass is 16.7. The second-order valence-corrected chi connectivity index (χ2v) is 5.76. The van der Waals surface area contributed by atoms with Crippen molar-refractivity contribution in [2.45, 2.75) is 33.6 Å². The second-order valence-electron chi connectivity index (χ2n) is 5.76. The van der Waals surface area contributed by atoms with Gasteiger partial charge in [-0.1, -0.05) is 25.5 Å². The molecular formula is C20H25NO3. The molecule has 0 atom stereocenters. The number of rotatable bonds is 8. The second kappa shape index (κ2) is 9.08. The van der Waals surface area contributed by atoms with Gasteiger partial charge < -0.3 is 14.0 Å². The van der Waals surface area contributed by atoms with E-state index < -0.39 is 0 Å². The fourth-order valence-corrected chi connectivity index (χ4v) is 2.39. The molecule has 1 aromatic carbocycles. The van der Waals surface area contributed by atoms with E-state index in [9.17, 15) is 4.79 Å². The van der Waals surface area contributed by atoms with Gasteiger partial charge in [0.2, 0.25) is 0 Å². The van der Waals surface area contributed by atoms with Crippen LogP contribution in [0.2, 0.25) is 0 Å². The van der Waals surface area contributed by atoms with Crippen LogP contribution in [0.15, 0.2) is 41.2 Å². The molecule has 2 aromatic rings. The Morgan fingerprint density at radius 2 is 1.88 bits per heavy atom. The predicted octanol–water partition coefficient (Wildman–Crippen LogP) is 4.25. The third-order valence-corrected chi connectivity index (χ3v) is 3.69. The van der Waals surface area contributed by atoms with Crippen molar-refractivity contribution >= 4 is 12.3 Å². The molecule has 0 fully saturated rings. The zero-order chi connectivity index (χ0) is 17.4. The van der Waals surface area contributed by atoms with Gasteiger partial charge in [-0.3, -0.25) is 4.79 Å². The molecule has 0 aliphatic carbocycles. The molecule has 0 radical (unpaired) electrons. The summed E-state index contributed by atoms with van der Waals surface area (Å²) in [6.07, 6.45) is 6.12. The van der Waals surface area contributed by atoms with Crippen LogP contribution < -0.4 is 10.2 Å². The molecule has 24 heavy (non-hydrogen) atoms. The van der Waals surface area contributed by atoms with Crippen molar-refractivity contribution in [2.75, 3.05) is 13.4 Å². The summed E-state index contributed by atoms with van der Waals surface area (Å²) in [6, 6.07) is 11.1. The van der Waals surface area contributed by atoms with Gasteiger partial charge in [0.05, 0.1) is 6.61 Å². The average Bonchev–Trinajstić information content (AvgIpc) is 2.54. The van der Waals surface area contributed by atoms with Crippen LogP contribution in [0.25, 0.3) is 12.3 Å². The Bertz CT molecular complexity index is 721. The third kappa shape index (κ3) is 5.39. The molecule has 0 saturated heterocycles. The summed E-state index contributed by atoms with van der Waals surface area (Å²) in [7, 11) is 0. The zero-order valence-electron chi connectivity index (χ0n) is 14.6. The summed E-state index contributed by atoms with van der Waals surface area (Å²) in [6.45, 7) is 6.97. The first-order valence-electron chi connectivity index (χ1n) is 8.28. The Kier molecular flexibility index (Phi) is 6.82. The van der Waals surface area contributed by atoms with E-state index >= 15 is 0 Å². The van der Waals surface area contributed by atoms with Crippen molar-refractivity contribution < 1.29 is 9.47 Å². The maximum Gasteiger partial charge on any atom is 0.189 e. The molecule has 0 spiro atoms. The summed E-state index contributed by atoms with van der Waals surface area (Å²) in [4.78, 5) is 11.5. The fourth-order valence-electron chi connectivity index (χ4n) is 2.39. The molecule has 4 nitrogen and oxygen atoms in total. The van der Waals surface area contributed by atoms with Gasteiger partial charge in [-0.25, -0.2) is 0 Å². The number of benzene rings is 1. The Morgan fingerprint density at radius 3 is 2.58 bits per heavy atom. The van der Waals surface area contributed by atoms with Crippen LogP contribution in [0.1, 0.15) is 36.7 Å². The summed E-state index contributed by atoms with van der Waals surface area (Å²) in [5.41, 5.74) is 2.88. The number of hydrogen-bond donors (Lipinski definition) is 0. The van der Waals surface area contributed by atoms with E-state index in [0.29, 0.717) is 0 Å². The highest BCUT2D eigenvalue weighted by Gasteiger charge is 1.99. The van der Waals surface area contributed by atoms with Gasteiger partial charge >= 0.3 is 0 Å². The lowest BCUT2D eigenvalue weighted by molar-refractivity contribution is 0.0140. The van der Waals surface area contributed by atoms with Crippen LogP contribution in [0.3, 0.4) is 0 Å². The Hall–Kier alpha value is -2.33. The molecule has 0 unspecified atom stereocenters. The minimum atomic E-state index is 0.0353. The van der Waals surface area contributed by atoms with Crippen molar-refractivity contribution in [1.82, 2.24) is 4.57 Å². The normalized spacial score (nSPS) is 11.1. The number of unbranched alkanes of at least 4 members (excludes halogenated alkanes) is 1. The van der Waals surface area contributed by atoms with Crippen LogP contribution in [-0.2, 0) is 4.74 Å². The fraction of sp³-hybridized carbons (Fsp3) is 0.350. The van der Waals surface area contributed by atoms with Gasteiger partial charge in [-0.05, 0) is 44.0 Å². The van der Waals surface area contributed by atoms with Crippen LogP contribution in [0.5, 0.6) is 5.75 Å². The standard InChI is InChI=1S/C20H25NO3/c1-4-5-11-23-15-24-20-8-6-7-18(14-20)9-10-21-16(2)12-19(22)13-17(21)3/h6-10,12-14H,4-5,11,15H2,1-3H3/b10-9+. The molecule has 0 saturated carbocycles. The van der Waals surface area contributed by atoms with Crippen molar-refractivity contribution in [3.05, 3.63) is 63.6 Å². The van der Waals surface area contributed by atoms with Gasteiger partial charge in [0, 0.05) is 29.7 Å². The number of ether oxygens (including phenoxy) is 2. The lowest BCUT2D eigenvalue weighted by Gasteiger charge is -2.09. The molecule has 0 aliphatic heterocycles. The Labute approximate surface area is 143 Å². The third-order valence-electron chi connectivity index (χ3n) is 3.69.